The monoisotopic (exact) mass is 323 g/mol. The molecule has 0 fully saturated rings. The van der Waals surface area contributed by atoms with Crippen LogP contribution in [0.5, 0.6) is 0 Å². The quantitative estimate of drug-likeness (QED) is 0.659. The molecular formula is C16H22BrNO. The highest BCUT2D eigenvalue weighted by Gasteiger charge is 2.30. The smallest absolute Gasteiger partial charge is 0.267 e. The Morgan fingerprint density at radius 3 is 1.74 bits per heavy atom. The van der Waals surface area contributed by atoms with Crippen LogP contribution in [-0.4, -0.2) is 11.6 Å². The first kappa shape index (κ1) is 16.1. The van der Waals surface area contributed by atoms with Crippen molar-refractivity contribution in [2.75, 3.05) is 0 Å². The summed E-state index contributed by atoms with van der Waals surface area (Å²) in [6.07, 6.45) is 0. The van der Waals surface area contributed by atoms with Gasteiger partial charge in [0.05, 0.1) is 0 Å². The highest BCUT2D eigenvalue weighted by molar-refractivity contribution is 9.10. The van der Waals surface area contributed by atoms with Crippen molar-refractivity contribution < 1.29 is 4.79 Å². The van der Waals surface area contributed by atoms with E-state index in [4.69, 9.17) is 0 Å². The van der Waals surface area contributed by atoms with E-state index in [1.165, 1.54) is 0 Å². The summed E-state index contributed by atoms with van der Waals surface area (Å²) in [5, 5.41) is 0. The summed E-state index contributed by atoms with van der Waals surface area (Å²) >= 11 is 3.36. The molecule has 0 saturated heterocycles. The van der Waals surface area contributed by atoms with Crippen LogP contribution in [0.25, 0.3) is 0 Å². The maximum Gasteiger partial charge on any atom is 0.276 e. The molecule has 3 heteroatoms. The molecule has 0 atom stereocenters. The molecular weight excluding hydrogens is 302 g/mol. The molecule has 0 unspecified atom stereocenters. The van der Waals surface area contributed by atoms with Crippen molar-refractivity contribution in [1.82, 2.24) is 0 Å². The minimum atomic E-state index is -0.174. The van der Waals surface area contributed by atoms with Gasteiger partial charge in [-0.1, -0.05) is 57.5 Å². The zero-order chi connectivity index (χ0) is 14.8. The van der Waals surface area contributed by atoms with Gasteiger partial charge in [-0.25, -0.2) is 4.99 Å². The number of carbonyl (C=O) groups is 1. The van der Waals surface area contributed by atoms with Crippen molar-refractivity contribution in [1.29, 1.82) is 0 Å². The lowest BCUT2D eigenvalue weighted by molar-refractivity contribution is 0.1000. The van der Waals surface area contributed by atoms with Gasteiger partial charge in [-0.2, -0.15) is 0 Å². The van der Waals surface area contributed by atoms with Crippen LogP contribution >= 0.6 is 15.9 Å². The Labute approximate surface area is 124 Å². The molecule has 0 N–H and O–H groups in total. The van der Waals surface area contributed by atoms with Crippen molar-refractivity contribution in [2.24, 2.45) is 15.8 Å². The Bertz CT molecular complexity index is 471. The SMILES string of the molecule is CC(C)(C)C(=NC(=O)c1ccc(Br)cc1)C(C)(C)C. The van der Waals surface area contributed by atoms with Gasteiger partial charge in [-0.05, 0) is 24.3 Å². The van der Waals surface area contributed by atoms with Gasteiger partial charge in [0.25, 0.3) is 5.91 Å². The highest BCUT2D eigenvalue weighted by Crippen LogP contribution is 2.30. The van der Waals surface area contributed by atoms with Gasteiger partial charge in [0.1, 0.15) is 0 Å². The first-order chi connectivity index (χ1) is 8.51. The molecule has 0 aliphatic heterocycles. The fourth-order valence-corrected chi connectivity index (χ4v) is 2.48. The number of rotatable bonds is 1. The van der Waals surface area contributed by atoms with Gasteiger partial charge < -0.3 is 0 Å². The topological polar surface area (TPSA) is 29.4 Å². The van der Waals surface area contributed by atoms with Crippen LogP contribution in [0.2, 0.25) is 0 Å². The molecule has 0 radical (unpaired) electrons. The summed E-state index contributed by atoms with van der Waals surface area (Å²) in [5.74, 6) is -0.174. The van der Waals surface area contributed by atoms with Crippen LogP contribution in [0.4, 0.5) is 0 Å². The molecule has 19 heavy (non-hydrogen) atoms. The fourth-order valence-electron chi connectivity index (χ4n) is 2.22. The third-order valence-corrected chi connectivity index (χ3v) is 3.25. The molecule has 1 aromatic rings. The first-order valence-electron chi connectivity index (χ1n) is 6.41. The second kappa shape index (κ2) is 5.58. The van der Waals surface area contributed by atoms with E-state index >= 15 is 0 Å². The largest absolute Gasteiger partial charge is 0.276 e. The van der Waals surface area contributed by atoms with Crippen LogP contribution in [0, 0.1) is 10.8 Å². The van der Waals surface area contributed by atoms with Gasteiger partial charge in [0, 0.05) is 26.6 Å². The maximum absolute atomic E-state index is 12.3. The summed E-state index contributed by atoms with van der Waals surface area (Å²) in [4.78, 5) is 16.6. The summed E-state index contributed by atoms with van der Waals surface area (Å²) < 4.78 is 0.958. The summed E-state index contributed by atoms with van der Waals surface area (Å²) in [6.45, 7) is 12.5. The van der Waals surface area contributed by atoms with Crippen molar-refractivity contribution in [2.45, 2.75) is 41.5 Å². The van der Waals surface area contributed by atoms with E-state index in [9.17, 15) is 4.79 Å². The van der Waals surface area contributed by atoms with E-state index in [0.29, 0.717) is 5.56 Å². The second-order valence-corrected chi connectivity index (χ2v) is 7.69. The zero-order valence-corrected chi connectivity index (χ0v) is 14.1. The van der Waals surface area contributed by atoms with Crippen molar-refractivity contribution in [3.05, 3.63) is 34.3 Å². The van der Waals surface area contributed by atoms with Gasteiger partial charge in [0.2, 0.25) is 0 Å². The molecule has 1 aromatic carbocycles. The van der Waals surface area contributed by atoms with Crippen molar-refractivity contribution in [3.8, 4) is 0 Å². The van der Waals surface area contributed by atoms with Gasteiger partial charge in [-0.15, -0.1) is 0 Å². The van der Waals surface area contributed by atoms with E-state index in [2.05, 4.69) is 62.5 Å². The number of carbonyl (C=O) groups excluding carboxylic acids is 1. The molecule has 1 amide bonds. The molecule has 1 rings (SSSR count). The average Bonchev–Trinajstić information content (AvgIpc) is 2.23. The molecule has 104 valence electrons. The van der Waals surface area contributed by atoms with E-state index in [1.807, 2.05) is 12.1 Å². The molecule has 0 bridgehead atoms. The lowest BCUT2D eigenvalue weighted by atomic mass is 9.75. The molecule has 0 saturated carbocycles. The fraction of sp³-hybridized carbons (Fsp3) is 0.500. The number of nitrogens with zero attached hydrogens (tertiary/aromatic N) is 1. The Kier molecular flexibility index (Phi) is 4.72. The minimum Gasteiger partial charge on any atom is -0.267 e. The van der Waals surface area contributed by atoms with E-state index in [1.54, 1.807) is 12.1 Å². The lowest BCUT2D eigenvalue weighted by Gasteiger charge is -2.31. The number of benzene rings is 1. The van der Waals surface area contributed by atoms with E-state index in [0.717, 1.165) is 10.2 Å². The third kappa shape index (κ3) is 4.57. The molecule has 0 aromatic heterocycles. The maximum atomic E-state index is 12.3. The van der Waals surface area contributed by atoms with E-state index in [-0.39, 0.29) is 16.7 Å². The Morgan fingerprint density at radius 1 is 0.947 bits per heavy atom. The Balaban J connectivity index is 3.17. The average molecular weight is 324 g/mol. The first-order valence-corrected chi connectivity index (χ1v) is 7.20. The zero-order valence-electron chi connectivity index (χ0n) is 12.5. The number of halogens is 1. The second-order valence-electron chi connectivity index (χ2n) is 6.77. The lowest BCUT2D eigenvalue weighted by Crippen LogP contribution is -2.33. The van der Waals surface area contributed by atoms with Crippen LogP contribution < -0.4 is 0 Å². The number of hydrogen-bond acceptors (Lipinski definition) is 1. The Morgan fingerprint density at radius 2 is 1.37 bits per heavy atom. The summed E-state index contributed by atoms with van der Waals surface area (Å²) in [6, 6.07) is 7.30. The predicted octanol–water partition coefficient (Wildman–Crippen LogP) is 5.12. The molecule has 2 nitrogen and oxygen atoms in total. The number of hydrogen-bond donors (Lipinski definition) is 0. The third-order valence-electron chi connectivity index (χ3n) is 2.73. The van der Waals surface area contributed by atoms with Crippen LogP contribution in [0.3, 0.4) is 0 Å². The molecule has 0 heterocycles. The number of amides is 1. The standard InChI is InChI=1S/C16H22BrNO/c1-15(2,3)14(16(4,5)6)18-13(19)11-7-9-12(17)10-8-11/h7-10H,1-6H3. The molecule has 0 spiro atoms. The predicted molar refractivity (Wildman–Crippen MR) is 84.8 cm³/mol. The van der Waals surface area contributed by atoms with Crippen LogP contribution in [-0.2, 0) is 0 Å². The number of aliphatic imine (C=N–C) groups is 1. The van der Waals surface area contributed by atoms with E-state index < -0.39 is 0 Å². The van der Waals surface area contributed by atoms with Gasteiger partial charge in [-0.3, -0.25) is 4.79 Å². The normalized spacial score (nSPS) is 12.2. The summed E-state index contributed by atoms with van der Waals surface area (Å²) in [7, 11) is 0. The molecule has 0 aliphatic carbocycles. The van der Waals surface area contributed by atoms with Crippen molar-refractivity contribution >= 4 is 27.5 Å². The van der Waals surface area contributed by atoms with Gasteiger partial charge in [0.15, 0.2) is 0 Å². The van der Waals surface area contributed by atoms with Crippen molar-refractivity contribution in [3.63, 3.8) is 0 Å². The molecule has 0 aliphatic rings. The Hall–Kier alpha value is -0.960. The van der Waals surface area contributed by atoms with Crippen LogP contribution in [0.15, 0.2) is 33.7 Å². The minimum absolute atomic E-state index is 0.122. The van der Waals surface area contributed by atoms with Crippen LogP contribution in [0.1, 0.15) is 51.9 Å². The summed E-state index contributed by atoms with van der Waals surface area (Å²) in [5.41, 5.74) is 1.30. The highest BCUT2D eigenvalue weighted by atomic mass is 79.9. The van der Waals surface area contributed by atoms with Gasteiger partial charge >= 0.3 is 0 Å².